The van der Waals surface area contributed by atoms with Gasteiger partial charge in [-0.1, -0.05) is 43.2 Å². The molecule has 0 aliphatic carbocycles. The summed E-state index contributed by atoms with van der Waals surface area (Å²) in [4.78, 5) is 11.1. The standard InChI is InChI=1S/C17H23ClO2/c1-4-6-8-9-10-12-13-16(18)17(20-15(3)19)14-11-7-5-2/h2,6-8,10-12,16-17H,4,9,13-14H2,1,3H3/b8-6-,11-7-,12-10-/t16-,17-/m0/s1. The lowest BCUT2D eigenvalue weighted by molar-refractivity contribution is -0.146. The first kappa shape index (κ1) is 18.5. The van der Waals surface area contributed by atoms with E-state index in [-0.39, 0.29) is 17.5 Å². The molecule has 0 saturated heterocycles. The molecule has 2 atom stereocenters. The van der Waals surface area contributed by atoms with Gasteiger partial charge in [0.2, 0.25) is 0 Å². The Balaban J connectivity index is 4.28. The Kier molecular flexibility index (Phi) is 11.7. The SMILES string of the molecule is C#C/C=C\C[C@H](OC(C)=O)[C@@H](Cl)C/C=C\C/C=C\CC. The molecule has 110 valence electrons. The van der Waals surface area contributed by atoms with Crippen molar-refractivity contribution in [2.45, 2.75) is 51.0 Å². The van der Waals surface area contributed by atoms with Crippen molar-refractivity contribution < 1.29 is 9.53 Å². The molecular weight excluding hydrogens is 272 g/mol. The number of rotatable bonds is 9. The molecular formula is C17H23ClO2. The zero-order valence-electron chi connectivity index (χ0n) is 12.2. The Morgan fingerprint density at radius 1 is 1.25 bits per heavy atom. The van der Waals surface area contributed by atoms with Crippen LogP contribution in [0.15, 0.2) is 36.5 Å². The number of carbonyl (C=O) groups excluding carboxylic acids is 1. The summed E-state index contributed by atoms with van der Waals surface area (Å²) in [6.45, 7) is 3.48. The lowest BCUT2D eigenvalue weighted by atomic mass is 10.1. The van der Waals surface area contributed by atoms with Crippen LogP contribution < -0.4 is 0 Å². The fourth-order valence-electron chi connectivity index (χ4n) is 1.57. The maximum Gasteiger partial charge on any atom is 0.302 e. The van der Waals surface area contributed by atoms with Crippen molar-refractivity contribution in [1.29, 1.82) is 0 Å². The van der Waals surface area contributed by atoms with Crippen molar-refractivity contribution in [2.75, 3.05) is 0 Å². The van der Waals surface area contributed by atoms with Crippen LogP contribution in [0.2, 0.25) is 0 Å². The van der Waals surface area contributed by atoms with E-state index in [2.05, 4.69) is 31.1 Å². The van der Waals surface area contributed by atoms with E-state index in [9.17, 15) is 4.79 Å². The van der Waals surface area contributed by atoms with Crippen LogP contribution in [0.1, 0.15) is 39.5 Å². The second-order valence-corrected chi connectivity index (χ2v) is 4.85. The van der Waals surface area contributed by atoms with Crippen LogP contribution in [0, 0.1) is 12.3 Å². The van der Waals surface area contributed by atoms with Gasteiger partial charge in [-0.05, 0) is 25.3 Å². The van der Waals surface area contributed by atoms with Crippen molar-refractivity contribution in [3.8, 4) is 12.3 Å². The van der Waals surface area contributed by atoms with E-state index in [1.165, 1.54) is 6.92 Å². The quantitative estimate of drug-likeness (QED) is 0.272. The van der Waals surface area contributed by atoms with E-state index in [1.807, 2.05) is 6.08 Å². The zero-order chi connectivity index (χ0) is 15.2. The molecule has 0 saturated carbocycles. The molecule has 0 aromatic carbocycles. The maximum absolute atomic E-state index is 11.1. The molecule has 0 amide bonds. The van der Waals surface area contributed by atoms with Crippen molar-refractivity contribution >= 4 is 17.6 Å². The number of halogens is 1. The molecule has 0 N–H and O–H groups in total. The van der Waals surface area contributed by atoms with E-state index in [0.717, 1.165) is 12.8 Å². The Morgan fingerprint density at radius 2 is 1.95 bits per heavy atom. The third-order valence-corrected chi connectivity index (χ3v) is 2.96. The van der Waals surface area contributed by atoms with Gasteiger partial charge in [0.15, 0.2) is 0 Å². The highest BCUT2D eigenvalue weighted by Gasteiger charge is 2.19. The number of hydrogen-bond acceptors (Lipinski definition) is 2. The topological polar surface area (TPSA) is 26.3 Å². The molecule has 0 radical (unpaired) electrons. The lowest BCUT2D eigenvalue weighted by Gasteiger charge is -2.19. The summed E-state index contributed by atoms with van der Waals surface area (Å²) in [5.41, 5.74) is 0. The first-order valence-corrected chi connectivity index (χ1v) is 7.27. The van der Waals surface area contributed by atoms with E-state index >= 15 is 0 Å². The second kappa shape index (κ2) is 12.6. The van der Waals surface area contributed by atoms with Crippen LogP contribution in [0.25, 0.3) is 0 Å². The zero-order valence-corrected chi connectivity index (χ0v) is 13.0. The summed E-state index contributed by atoms with van der Waals surface area (Å²) < 4.78 is 5.22. The van der Waals surface area contributed by atoms with Crippen LogP contribution in [0.5, 0.6) is 0 Å². The fraction of sp³-hybridized carbons (Fsp3) is 0.471. The molecule has 3 heteroatoms. The van der Waals surface area contributed by atoms with Gasteiger partial charge in [-0.25, -0.2) is 0 Å². The summed E-state index contributed by atoms with van der Waals surface area (Å²) in [6, 6.07) is 0. The van der Waals surface area contributed by atoms with Crippen LogP contribution >= 0.6 is 11.6 Å². The van der Waals surface area contributed by atoms with E-state index in [1.54, 1.807) is 12.2 Å². The van der Waals surface area contributed by atoms with Gasteiger partial charge in [0.1, 0.15) is 6.10 Å². The highest BCUT2D eigenvalue weighted by Crippen LogP contribution is 2.16. The Bertz CT molecular complexity index is 388. The lowest BCUT2D eigenvalue weighted by Crippen LogP contribution is -2.26. The third kappa shape index (κ3) is 10.5. The summed E-state index contributed by atoms with van der Waals surface area (Å²) in [7, 11) is 0. The van der Waals surface area contributed by atoms with Gasteiger partial charge in [-0.15, -0.1) is 18.0 Å². The van der Waals surface area contributed by atoms with Gasteiger partial charge in [-0.2, -0.15) is 0 Å². The number of carbonyl (C=O) groups is 1. The Labute approximate surface area is 127 Å². The molecule has 0 aliphatic rings. The maximum atomic E-state index is 11.1. The molecule has 0 aliphatic heterocycles. The van der Waals surface area contributed by atoms with Gasteiger partial charge < -0.3 is 4.74 Å². The first-order valence-electron chi connectivity index (χ1n) is 6.84. The molecule has 0 bridgehead atoms. The smallest absolute Gasteiger partial charge is 0.302 e. The molecule has 0 aromatic rings. The van der Waals surface area contributed by atoms with E-state index in [4.69, 9.17) is 22.8 Å². The highest BCUT2D eigenvalue weighted by atomic mass is 35.5. The summed E-state index contributed by atoms with van der Waals surface area (Å²) in [6.07, 6.45) is 19.6. The second-order valence-electron chi connectivity index (χ2n) is 4.29. The van der Waals surface area contributed by atoms with Crippen molar-refractivity contribution in [3.63, 3.8) is 0 Å². The molecule has 0 aromatic heterocycles. The van der Waals surface area contributed by atoms with Gasteiger partial charge in [0.25, 0.3) is 0 Å². The van der Waals surface area contributed by atoms with Crippen molar-refractivity contribution in [3.05, 3.63) is 36.5 Å². The number of alkyl halides is 1. The monoisotopic (exact) mass is 294 g/mol. The van der Waals surface area contributed by atoms with Gasteiger partial charge in [0, 0.05) is 13.3 Å². The molecule has 0 unspecified atom stereocenters. The van der Waals surface area contributed by atoms with Gasteiger partial charge in [-0.3, -0.25) is 4.79 Å². The molecule has 20 heavy (non-hydrogen) atoms. The largest absolute Gasteiger partial charge is 0.461 e. The Morgan fingerprint density at radius 3 is 2.55 bits per heavy atom. The predicted octanol–water partition coefficient (Wildman–Crippen LogP) is 4.41. The number of esters is 1. The third-order valence-electron chi connectivity index (χ3n) is 2.51. The van der Waals surface area contributed by atoms with Crippen LogP contribution in [0.3, 0.4) is 0 Å². The summed E-state index contributed by atoms with van der Waals surface area (Å²) in [5, 5.41) is -0.257. The number of terminal acetylenes is 1. The van der Waals surface area contributed by atoms with Crippen molar-refractivity contribution in [1.82, 2.24) is 0 Å². The van der Waals surface area contributed by atoms with Crippen LogP contribution in [0.4, 0.5) is 0 Å². The molecule has 0 fully saturated rings. The van der Waals surface area contributed by atoms with Crippen molar-refractivity contribution in [2.24, 2.45) is 0 Å². The first-order chi connectivity index (χ1) is 9.61. The highest BCUT2D eigenvalue weighted by molar-refractivity contribution is 6.21. The molecule has 0 rings (SSSR count). The van der Waals surface area contributed by atoms with E-state index in [0.29, 0.717) is 12.8 Å². The number of allylic oxidation sites excluding steroid dienone is 5. The fourth-order valence-corrected chi connectivity index (χ4v) is 1.83. The summed E-state index contributed by atoms with van der Waals surface area (Å²) in [5.74, 6) is 2.07. The number of ether oxygens (including phenoxy) is 1. The van der Waals surface area contributed by atoms with E-state index < -0.39 is 0 Å². The predicted molar refractivity (Wildman–Crippen MR) is 85.6 cm³/mol. The van der Waals surface area contributed by atoms with Gasteiger partial charge >= 0.3 is 5.97 Å². The molecule has 0 spiro atoms. The Hall–Kier alpha value is -1.46. The van der Waals surface area contributed by atoms with Gasteiger partial charge in [0.05, 0.1) is 5.38 Å². The van der Waals surface area contributed by atoms with Crippen LogP contribution in [-0.2, 0) is 9.53 Å². The minimum atomic E-state index is -0.352. The summed E-state index contributed by atoms with van der Waals surface area (Å²) >= 11 is 6.28. The average molecular weight is 295 g/mol. The molecule has 0 heterocycles. The number of hydrogen-bond donors (Lipinski definition) is 0. The molecule has 2 nitrogen and oxygen atoms in total. The van der Waals surface area contributed by atoms with Crippen LogP contribution in [-0.4, -0.2) is 17.5 Å². The minimum absolute atomic E-state index is 0.257. The normalized spacial score (nSPS) is 14.7. The average Bonchev–Trinajstić information content (AvgIpc) is 2.41. The minimum Gasteiger partial charge on any atom is -0.461 e.